The van der Waals surface area contributed by atoms with E-state index in [2.05, 4.69) is 131 Å². The van der Waals surface area contributed by atoms with E-state index in [4.69, 9.17) is 4.42 Å². The molecule has 0 unspecified atom stereocenters. The van der Waals surface area contributed by atoms with E-state index in [1.165, 1.54) is 42.1 Å². The van der Waals surface area contributed by atoms with E-state index < -0.39 is 0 Å². The molecule has 0 bridgehead atoms. The van der Waals surface area contributed by atoms with Gasteiger partial charge in [-0.2, -0.15) is 0 Å². The molecule has 202 valence electrons. The summed E-state index contributed by atoms with van der Waals surface area (Å²) < 4.78 is 8.70. The van der Waals surface area contributed by atoms with Crippen molar-refractivity contribution in [3.8, 4) is 11.1 Å². The number of benzene rings is 6. The van der Waals surface area contributed by atoms with Crippen LogP contribution in [-0.2, 0) is 0 Å². The first-order valence-electron chi connectivity index (χ1n) is 14.4. The zero-order valence-corrected chi connectivity index (χ0v) is 23.9. The molecule has 0 atom stereocenters. The predicted octanol–water partition coefficient (Wildman–Crippen LogP) is 11.6. The van der Waals surface area contributed by atoms with Gasteiger partial charge < -0.3 is 9.32 Å². The molecule has 0 amide bonds. The first-order valence-corrected chi connectivity index (χ1v) is 15.2. The number of rotatable bonds is 4. The summed E-state index contributed by atoms with van der Waals surface area (Å²) in [7, 11) is 0. The standard InChI is InChI=1S/C39H24N2OS/c1-2-6-28(7-3-1)41(30-16-18-36-33(23-30)31-8-4-5-9-35(31)42-36)29-14-10-25(11-15-29)27-12-17-32-38(22-27)43-37-19-13-26-20-21-40-24-34(26)39(32)37/h1-24H. The number of hydrogen-bond acceptors (Lipinski definition) is 4. The number of aromatic nitrogens is 1. The van der Waals surface area contributed by atoms with Crippen molar-refractivity contribution in [2.45, 2.75) is 0 Å². The van der Waals surface area contributed by atoms with Crippen LogP contribution in [0.15, 0.2) is 150 Å². The van der Waals surface area contributed by atoms with Crippen molar-refractivity contribution in [3.05, 3.63) is 146 Å². The smallest absolute Gasteiger partial charge is 0.135 e. The first-order chi connectivity index (χ1) is 21.3. The lowest BCUT2D eigenvalue weighted by molar-refractivity contribution is 0.669. The average Bonchev–Trinajstić information content (AvgIpc) is 3.64. The van der Waals surface area contributed by atoms with Crippen LogP contribution in [-0.4, -0.2) is 4.98 Å². The molecule has 3 heterocycles. The molecule has 9 rings (SSSR count). The fraction of sp³-hybridized carbons (Fsp3) is 0. The van der Waals surface area contributed by atoms with Crippen LogP contribution < -0.4 is 4.90 Å². The van der Waals surface area contributed by atoms with Crippen LogP contribution >= 0.6 is 11.3 Å². The highest BCUT2D eigenvalue weighted by Crippen LogP contribution is 2.42. The minimum absolute atomic E-state index is 0.897. The molecule has 3 nitrogen and oxygen atoms in total. The molecule has 0 aliphatic heterocycles. The molecule has 0 spiro atoms. The maximum Gasteiger partial charge on any atom is 0.135 e. The molecule has 43 heavy (non-hydrogen) atoms. The van der Waals surface area contributed by atoms with Crippen molar-refractivity contribution in [1.82, 2.24) is 4.98 Å². The lowest BCUT2D eigenvalue weighted by Crippen LogP contribution is -2.09. The van der Waals surface area contributed by atoms with Gasteiger partial charge in [-0.25, -0.2) is 0 Å². The zero-order valence-electron chi connectivity index (χ0n) is 23.1. The number of thiophene rings is 1. The third-order valence-corrected chi connectivity index (χ3v) is 9.47. The molecular formula is C39H24N2OS. The summed E-state index contributed by atoms with van der Waals surface area (Å²) in [5, 5.41) is 7.27. The van der Waals surface area contributed by atoms with Crippen molar-refractivity contribution in [2.75, 3.05) is 4.90 Å². The van der Waals surface area contributed by atoms with E-state index in [9.17, 15) is 0 Å². The summed E-state index contributed by atoms with van der Waals surface area (Å²) in [6.45, 7) is 0. The van der Waals surface area contributed by atoms with Crippen LogP contribution in [0.4, 0.5) is 17.1 Å². The minimum atomic E-state index is 0.897. The number of pyridine rings is 1. The topological polar surface area (TPSA) is 29.3 Å². The van der Waals surface area contributed by atoms with Gasteiger partial charge in [0.25, 0.3) is 0 Å². The average molecular weight is 569 g/mol. The quantitative estimate of drug-likeness (QED) is 0.211. The second-order valence-corrected chi connectivity index (χ2v) is 11.9. The Morgan fingerprint density at radius 3 is 2.19 bits per heavy atom. The van der Waals surface area contributed by atoms with Gasteiger partial charge in [-0.05, 0) is 83.2 Å². The summed E-state index contributed by atoms with van der Waals surface area (Å²) in [5.41, 5.74) is 7.51. The molecule has 9 aromatic rings. The SMILES string of the molecule is c1ccc(N(c2ccc(-c3ccc4c(c3)sc3ccc5ccncc5c34)cc2)c2ccc3oc4ccccc4c3c2)cc1. The summed E-state index contributed by atoms with van der Waals surface area (Å²) in [5.74, 6) is 0. The number of para-hydroxylation sites is 2. The molecule has 3 aromatic heterocycles. The number of nitrogens with zero attached hydrogens (tertiary/aromatic N) is 2. The zero-order chi connectivity index (χ0) is 28.3. The van der Waals surface area contributed by atoms with Crippen LogP contribution in [0, 0.1) is 0 Å². The maximum absolute atomic E-state index is 6.11. The second kappa shape index (κ2) is 9.55. The highest BCUT2D eigenvalue weighted by Gasteiger charge is 2.16. The molecule has 6 aromatic carbocycles. The van der Waals surface area contributed by atoms with Gasteiger partial charge in [0.05, 0.1) is 0 Å². The Morgan fingerprint density at radius 1 is 0.512 bits per heavy atom. The van der Waals surface area contributed by atoms with Gasteiger partial charge >= 0.3 is 0 Å². The van der Waals surface area contributed by atoms with Gasteiger partial charge in [-0.3, -0.25) is 4.98 Å². The maximum atomic E-state index is 6.11. The van der Waals surface area contributed by atoms with Gasteiger partial charge in [0.15, 0.2) is 0 Å². The lowest BCUT2D eigenvalue weighted by Gasteiger charge is -2.25. The number of fused-ring (bicyclic) bond motifs is 8. The van der Waals surface area contributed by atoms with Gasteiger partial charge in [0.1, 0.15) is 11.2 Å². The van der Waals surface area contributed by atoms with Crippen LogP contribution in [0.2, 0.25) is 0 Å². The van der Waals surface area contributed by atoms with Crippen LogP contribution in [0.3, 0.4) is 0 Å². The van der Waals surface area contributed by atoms with Gasteiger partial charge in [-0.1, -0.05) is 66.7 Å². The van der Waals surface area contributed by atoms with Crippen molar-refractivity contribution in [1.29, 1.82) is 0 Å². The summed E-state index contributed by atoms with van der Waals surface area (Å²) in [4.78, 5) is 6.71. The first kappa shape index (κ1) is 24.2. The molecule has 4 heteroatoms. The number of furan rings is 1. The molecule has 0 aliphatic rings. The Balaban J connectivity index is 1.13. The Kier molecular flexibility index (Phi) is 5.37. The normalized spacial score (nSPS) is 11.7. The van der Waals surface area contributed by atoms with Crippen LogP contribution in [0.1, 0.15) is 0 Å². The van der Waals surface area contributed by atoms with E-state index >= 15 is 0 Å². The second-order valence-electron chi connectivity index (χ2n) is 10.8. The largest absolute Gasteiger partial charge is 0.456 e. The van der Waals surface area contributed by atoms with Crippen molar-refractivity contribution < 1.29 is 4.42 Å². The van der Waals surface area contributed by atoms with Gasteiger partial charge in [0, 0.05) is 65.8 Å². The molecule has 0 saturated carbocycles. The Hall–Kier alpha value is -5.45. The Morgan fingerprint density at radius 2 is 1.28 bits per heavy atom. The fourth-order valence-corrected chi connectivity index (χ4v) is 7.46. The molecule has 0 fully saturated rings. The van der Waals surface area contributed by atoms with Crippen molar-refractivity contribution in [2.24, 2.45) is 0 Å². The Bertz CT molecular complexity index is 2460. The predicted molar refractivity (Wildman–Crippen MR) is 182 cm³/mol. The van der Waals surface area contributed by atoms with Crippen LogP contribution in [0.5, 0.6) is 0 Å². The van der Waals surface area contributed by atoms with E-state index in [0.29, 0.717) is 0 Å². The molecule has 0 saturated heterocycles. The van der Waals surface area contributed by atoms with E-state index in [1.807, 2.05) is 35.9 Å². The monoisotopic (exact) mass is 568 g/mol. The van der Waals surface area contributed by atoms with Crippen LogP contribution in [0.25, 0.3) is 64.0 Å². The summed E-state index contributed by atoms with van der Waals surface area (Å²) in [6, 6.07) is 47.4. The molecular weight excluding hydrogens is 545 g/mol. The molecule has 0 N–H and O–H groups in total. The lowest BCUT2D eigenvalue weighted by atomic mass is 10.0. The third-order valence-electron chi connectivity index (χ3n) is 8.35. The third kappa shape index (κ3) is 3.92. The van der Waals surface area contributed by atoms with Crippen molar-refractivity contribution >= 4 is 81.3 Å². The highest BCUT2D eigenvalue weighted by molar-refractivity contribution is 7.26. The fourth-order valence-electron chi connectivity index (χ4n) is 6.30. The number of anilines is 3. The molecule has 0 aliphatic carbocycles. The highest BCUT2D eigenvalue weighted by atomic mass is 32.1. The molecule has 0 radical (unpaired) electrons. The summed E-state index contributed by atoms with van der Waals surface area (Å²) in [6.07, 6.45) is 3.85. The van der Waals surface area contributed by atoms with Gasteiger partial charge in [-0.15, -0.1) is 11.3 Å². The van der Waals surface area contributed by atoms with E-state index in [0.717, 1.165) is 39.0 Å². The number of hydrogen-bond donors (Lipinski definition) is 0. The minimum Gasteiger partial charge on any atom is -0.456 e. The Labute approximate surface area is 251 Å². The van der Waals surface area contributed by atoms with E-state index in [-0.39, 0.29) is 0 Å². The van der Waals surface area contributed by atoms with Crippen molar-refractivity contribution in [3.63, 3.8) is 0 Å². The van der Waals surface area contributed by atoms with E-state index in [1.54, 1.807) is 0 Å². The van der Waals surface area contributed by atoms with Gasteiger partial charge in [0.2, 0.25) is 0 Å². The summed E-state index contributed by atoms with van der Waals surface area (Å²) >= 11 is 1.85.